The van der Waals surface area contributed by atoms with Crippen molar-refractivity contribution in [3.8, 4) is 5.75 Å². The molecule has 0 aliphatic heterocycles. The molecule has 0 fully saturated rings. The van der Waals surface area contributed by atoms with E-state index >= 15 is 0 Å². The smallest absolute Gasteiger partial charge is 0.550 e. The van der Waals surface area contributed by atoms with E-state index in [0.717, 1.165) is 0 Å². The predicted molar refractivity (Wildman–Crippen MR) is 164 cm³/mol. The van der Waals surface area contributed by atoms with Crippen LogP contribution in [-0.4, -0.2) is 120 Å². The summed E-state index contributed by atoms with van der Waals surface area (Å²) in [6.45, 7) is 0.988. The van der Waals surface area contributed by atoms with Crippen molar-refractivity contribution in [1.29, 1.82) is 0 Å². The van der Waals surface area contributed by atoms with Crippen molar-refractivity contribution in [2.75, 3.05) is 13.7 Å². The molecular formula is C31H35ClNNaO17. The van der Waals surface area contributed by atoms with Crippen LogP contribution in [0.4, 0.5) is 0 Å². The Kier molecular flexibility index (Phi) is 19.8. The number of aldehydes is 1. The summed E-state index contributed by atoms with van der Waals surface area (Å²) in [6.07, 6.45) is -9.73. The zero-order chi connectivity index (χ0) is 38.5. The number of rotatable bonds is 14. The van der Waals surface area contributed by atoms with E-state index in [2.05, 4.69) is 0 Å². The van der Waals surface area contributed by atoms with Crippen LogP contribution in [0, 0.1) is 6.92 Å². The van der Waals surface area contributed by atoms with Crippen LogP contribution < -0.4 is 49.6 Å². The molecule has 51 heavy (non-hydrogen) atoms. The zero-order valence-corrected chi connectivity index (χ0v) is 30.1. The minimum atomic E-state index is -2.97. The van der Waals surface area contributed by atoms with Crippen LogP contribution in [0.15, 0.2) is 42.5 Å². The Bertz CT molecular complexity index is 1670. The van der Waals surface area contributed by atoms with E-state index in [1.807, 2.05) is 0 Å². The number of aromatic nitrogens is 1. The average molecular weight is 752 g/mol. The van der Waals surface area contributed by atoms with Crippen LogP contribution >= 0.6 is 11.6 Å². The number of halogens is 1. The molecule has 3 aromatic rings. The van der Waals surface area contributed by atoms with Gasteiger partial charge in [0.25, 0.3) is 5.91 Å². The van der Waals surface area contributed by atoms with Crippen LogP contribution in [0.5, 0.6) is 5.75 Å². The van der Waals surface area contributed by atoms with E-state index in [1.54, 1.807) is 56.5 Å². The fraction of sp³-hybridized carbons (Fsp3) is 0.355. The zero-order valence-electron chi connectivity index (χ0n) is 29.3. The third-order valence-corrected chi connectivity index (χ3v) is 7.09. The van der Waals surface area contributed by atoms with Crippen molar-refractivity contribution in [3.05, 3.63) is 64.3 Å². The molecule has 18 nitrogen and oxygen atoms in total. The van der Waals surface area contributed by atoms with Gasteiger partial charge in [0.05, 0.1) is 31.6 Å². The fourth-order valence-electron chi connectivity index (χ4n) is 4.25. The quantitative estimate of drug-likeness (QED) is 0.0594. The summed E-state index contributed by atoms with van der Waals surface area (Å²) in [6, 6.07) is 11.9. The van der Waals surface area contributed by atoms with Crippen molar-refractivity contribution < 1.29 is 117 Å². The fourth-order valence-corrected chi connectivity index (χ4v) is 4.38. The van der Waals surface area contributed by atoms with Gasteiger partial charge in [-0.1, -0.05) is 11.6 Å². The molecule has 0 bridgehead atoms. The van der Waals surface area contributed by atoms with Crippen molar-refractivity contribution in [2.24, 2.45) is 0 Å². The third kappa shape index (κ3) is 13.6. The largest absolute Gasteiger partial charge is 1.00 e. The Morgan fingerprint density at radius 2 is 1.49 bits per heavy atom. The number of carbonyl (C=O) groups excluding carboxylic acids is 5. The number of fused-ring (bicyclic) bond motifs is 1. The standard InChI is InChI=1S/C19H16ClNO4.C6H8O7.C6H12O6.Na/c1-11-15(10-18(22)23)16-9-14(25-2)7-8-17(16)21(11)19(24)12-3-5-13(20)6-4-12;7-3(8)1-6(13,5(11)12)2-4(9)10;7-1-3(9)5(11)6(12)4(10)2-8;/h3-9H,10H2,1-2H3,(H,22,23);13H,1-2H2,(H,7,8)(H,9,10)(H,11,12);1,3-6,8-12H,2H2;/q;;;+1/p-1/t;;3-,4+,5+,6+;/m..0./s1. The first kappa shape index (κ1) is 47.0. The van der Waals surface area contributed by atoms with Gasteiger partial charge in [-0.2, -0.15) is 0 Å². The molecular weight excluding hydrogens is 717 g/mol. The summed E-state index contributed by atoms with van der Waals surface area (Å²) in [7, 11) is 1.54. The molecule has 0 amide bonds. The van der Waals surface area contributed by atoms with Crippen molar-refractivity contribution >= 4 is 58.6 Å². The first-order valence-electron chi connectivity index (χ1n) is 14.1. The van der Waals surface area contributed by atoms with Gasteiger partial charge in [-0.05, 0) is 55.0 Å². The predicted octanol–water partition coefficient (Wildman–Crippen LogP) is -7.48. The minimum absolute atomic E-state index is 0. The maximum Gasteiger partial charge on any atom is 1.00 e. The second-order valence-electron chi connectivity index (χ2n) is 10.4. The maximum absolute atomic E-state index is 13.0. The van der Waals surface area contributed by atoms with Gasteiger partial charge in [0.2, 0.25) is 0 Å². The Labute approximate surface area is 319 Å². The number of carboxylic acids is 4. The Morgan fingerprint density at radius 1 is 0.961 bits per heavy atom. The van der Waals surface area contributed by atoms with E-state index in [9.17, 15) is 49.2 Å². The molecule has 0 spiro atoms. The molecule has 0 saturated heterocycles. The molecule has 3 rings (SSSR count). The molecule has 7 N–H and O–H groups in total. The first-order valence-corrected chi connectivity index (χ1v) is 14.4. The third-order valence-electron chi connectivity index (χ3n) is 6.84. The second kappa shape index (κ2) is 21.4. The Balaban J connectivity index is -0.000000766. The molecule has 0 aliphatic carbocycles. The topological polar surface area (TPSA) is 327 Å². The van der Waals surface area contributed by atoms with Gasteiger partial charge in [-0.15, -0.1) is 0 Å². The van der Waals surface area contributed by atoms with Crippen LogP contribution in [-0.2, 0) is 30.4 Å². The second-order valence-corrected chi connectivity index (χ2v) is 10.9. The molecule has 274 valence electrons. The molecule has 0 aliphatic rings. The first-order chi connectivity index (χ1) is 23.2. The molecule has 2 aromatic carbocycles. The van der Waals surface area contributed by atoms with Crippen molar-refractivity contribution in [1.82, 2.24) is 4.57 Å². The van der Waals surface area contributed by atoms with Gasteiger partial charge < -0.3 is 75.0 Å². The maximum atomic E-state index is 13.0. The van der Waals surface area contributed by atoms with E-state index < -0.39 is 73.3 Å². The molecule has 4 atom stereocenters. The van der Waals surface area contributed by atoms with Gasteiger partial charge in [0.1, 0.15) is 35.8 Å². The molecule has 1 aromatic heterocycles. The molecule has 20 heteroatoms. The van der Waals surface area contributed by atoms with E-state index in [0.29, 0.717) is 38.5 Å². The van der Waals surface area contributed by atoms with Crippen molar-refractivity contribution in [2.45, 2.75) is 56.2 Å². The number of aliphatic carboxylic acids is 4. The average Bonchev–Trinajstić information content (AvgIpc) is 3.32. The normalized spacial score (nSPS) is 13.0. The molecule has 0 radical (unpaired) electrons. The number of carbonyl (C=O) groups is 6. The summed E-state index contributed by atoms with van der Waals surface area (Å²) in [5.74, 6) is -6.57. The number of methoxy groups -OCH3 is 1. The van der Waals surface area contributed by atoms with Gasteiger partial charge in [0.15, 0.2) is 6.29 Å². The Morgan fingerprint density at radius 3 is 1.90 bits per heavy atom. The number of nitrogens with zero attached hydrogens (tertiary/aromatic N) is 1. The van der Waals surface area contributed by atoms with Crippen LogP contribution in [0.25, 0.3) is 10.9 Å². The summed E-state index contributed by atoms with van der Waals surface area (Å²) in [4.78, 5) is 64.1. The van der Waals surface area contributed by atoms with E-state index in [1.165, 1.54) is 4.57 Å². The number of ether oxygens (including phenoxy) is 1. The minimum Gasteiger partial charge on any atom is -0.550 e. The number of hydrogen-bond acceptors (Lipinski definition) is 16. The number of carboxylic acid groups (broad SMARTS) is 4. The number of aliphatic hydroxyl groups excluding tert-OH is 5. The SMILES string of the molecule is COc1ccc2c(c1)c(CC(=O)O)c(C)n2C(=O)c1ccc(Cl)cc1.O=C([O-])CC(O)(CC(=O)[O-])C(=O)[O-].O=C[C@H](O)[C@@H](O)[C@H](O)[C@H](O)CO.[H+].[H+].[Na+]. The van der Waals surface area contributed by atoms with Crippen LogP contribution in [0.1, 0.15) is 37.3 Å². The summed E-state index contributed by atoms with van der Waals surface area (Å²) in [5.41, 5.74) is -0.650. The molecule has 1 heterocycles. The van der Waals surface area contributed by atoms with Gasteiger partial charge in [-0.25, -0.2) is 0 Å². The Hall–Kier alpha value is -3.95. The summed E-state index contributed by atoms with van der Waals surface area (Å²) >= 11 is 5.89. The monoisotopic (exact) mass is 751 g/mol. The number of benzene rings is 2. The van der Waals surface area contributed by atoms with E-state index in [4.69, 9.17) is 47.0 Å². The van der Waals surface area contributed by atoms with Gasteiger partial charge in [-0.3, -0.25) is 14.2 Å². The van der Waals surface area contributed by atoms with Crippen LogP contribution in [0.3, 0.4) is 0 Å². The van der Waals surface area contributed by atoms with E-state index in [-0.39, 0.29) is 51.0 Å². The summed E-state index contributed by atoms with van der Waals surface area (Å²) < 4.78 is 6.77. The van der Waals surface area contributed by atoms with Gasteiger partial charge in [0, 0.05) is 46.4 Å². The molecule has 0 saturated carbocycles. The summed E-state index contributed by atoms with van der Waals surface area (Å²) in [5, 5.41) is 92.9. The number of hydrogen-bond donors (Lipinski definition) is 7. The number of aliphatic hydroxyl groups is 6. The molecule has 0 unspecified atom stereocenters. The van der Waals surface area contributed by atoms with Gasteiger partial charge >= 0.3 is 38.4 Å². The van der Waals surface area contributed by atoms with Crippen molar-refractivity contribution in [3.63, 3.8) is 0 Å². The van der Waals surface area contributed by atoms with Crippen LogP contribution in [0.2, 0.25) is 5.02 Å².